The van der Waals surface area contributed by atoms with Crippen LogP contribution in [0.25, 0.3) is 11.2 Å². The number of nitrogens with zero attached hydrogens (tertiary/aromatic N) is 4. The molecule has 1 aliphatic rings. The molecule has 1 unspecified atom stereocenters. The van der Waals surface area contributed by atoms with E-state index in [-0.39, 0.29) is 48.7 Å². The van der Waals surface area contributed by atoms with Gasteiger partial charge in [0.05, 0.1) is 6.33 Å². The molecule has 3 aromatic rings. The van der Waals surface area contributed by atoms with Gasteiger partial charge >= 0.3 is 6.36 Å². The largest absolute Gasteiger partial charge is 0.573 e. The summed E-state index contributed by atoms with van der Waals surface area (Å²) in [5, 5.41) is 6.59. The average molecular weight is 536 g/mol. The predicted molar refractivity (Wildman–Crippen MR) is 135 cm³/mol. The third kappa shape index (κ3) is 7.25. The molecule has 1 aromatic carbocycles. The molecule has 4 rings (SSSR count). The molecule has 4 N–H and O–H groups in total. The van der Waals surface area contributed by atoms with Gasteiger partial charge in [0.1, 0.15) is 5.75 Å². The monoisotopic (exact) mass is 535 g/mol. The molecule has 194 valence electrons. The Labute approximate surface area is 214 Å². The summed E-state index contributed by atoms with van der Waals surface area (Å²) in [4.78, 5) is 13.9. The van der Waals surface area contributed by atoms with Crippen LogP contribution in [0.2, 0.25) is 0 Å². The SMILES string of the molecule is CCC(C)n1cnc2c(Nc3ccc(OC(F)(F)F)cc3)nc(NC3CCC(N)CC3)nc21.Cl.Cl. The number of aromatic nitrogens is 4. The topological polar surface area (TPSA) is 103 Å². The first-order chi connectivity index (χ1) is 15.7. The number of benzene rings is 1. The number of hydrogen-bond acceptors (Lipinski definition) is 7. The first-order valence-corrected chi connectivity index (χ1v) is 11.1. The van der Waals surface area contributed by atoms with E-state index in [1.807, 2.05) is 4.57 Å². The lowest BCUT2D eigenvalue weighted by Gasteiger charge is -2.27. The molecule has 0 aliphatic heterocycles. The van der Waals surface area contributed by atoms with Gasteiger partial charge in [0.25, 0.3) is 0 Å². The van der Waals surface area contributed by atoms with Crippen molar-refractivity contribution < 1.29 is 17.9 Å². The highest BCUT2D eigenvalue weighted by Gasteiger charge is 2.31. The molecular weight excluding hydrogens is 506 g/mol. The number of imidazole rings is 1. The molecular formula is C22H30Cl2F3N7O. The van der Waals surface area contributed by atoms with Crippen LogP contribution in [0.3, 0.4) is 0 Å². The second-order valence-electron chi connectivity index (χ2n) is 8.43. The van der Waals surface area contributed by atoms with Crippen molar-refractivity contribution in [2.45, 2.75) is 70.4 Å². The Hall–Kier alpha value is -2.50. The maximum atomic E-state index is 12.4. The maximum Gasteiger partial charge on any atom is 0.573 e. The zero-order valence-electron chi connectivity index (χ0n) is 19.4. The van der Waals surface area contributed by atoms with Crippen molar-refractivity contribution in [2.24, 2.45) is 5.73 Å². The first kappa shape index (κ1) is 28.7. The number of hydrogen-bond donors (Lipinski definition) is 3. The van der Waals surface area contributed by atoms with Gasteiger partial charge < -0.3 is 25.7 Å². The summed E-state index contributed by atoms with van der Waals surface area (Å²) in [6.45, 7) is 4.18. The Morgan fingerprint density at radius 2 is 1.77 bits per heavy atom. The number of ether oxygens (including phenoxy) is 1. The van der Waals surface area contributed by atoms with Gasteiger partial charge in [-0.1, -0.05) is 6.92 Å². The van der Waals surface area contributed by atoms with E-state index in [9.17, 15) is 13.2 Å². The number of alkyl halides is 3. The van der Waals surface area contributed by atoms with Crippen LogP contribution in [0.4, 0.5) is 30.6 Å². The smallest absolute Gasteiger partial charge is 0.406 e. The quantitative estimate of drug-likeness (QED) is 0.342. The summed E-state index contributed by atoms with van der Waals surface area (Å²) in [6, 6.07) is 6.14. The minimum atomic E-state index is -4.74. The predicted octanol–water partition coefficient (Wildman–Crippen LogP) is 5.96. The Kier molecular flexibility index (Phi) is 9.82. The summed E-state index contributed by atoms with van der Waals surface area (Å²) in [5.41, 5.74) is 7.85. The van der Waals surface area contributed by atoms with Crippen molar-refractivity contribution in [1.82, 2.24) is 19.5 Å². The van der Waals surface area contributed by atoms with Gasteiger partial charge in [0.15, 0.2) is 17.0 Å². The zero-order valence-corrected chi connectivity index (χ0v) is 21.0. The second kappa shape index (κ2) is 12.0. The number of rotatable bonds is 7. The number of anilines is 3. The van der Waals surface area contributed by atoms with Gasteiger partial charge in [-0.15, -0.1) is 38.0 Å². The molecule has 0 amide bonds. The standard InChI is InChI=1S/C22H28F3N7O.2ClH/c1-3-13(2)32-12-27-18-19(28-15-8-10-17(11-9-15)33-22(23,24)25)30-21(31-20(18)32)29-16-6-4-14(26)5-7-16;;/h8-14,16H,3-7,26H2,1-2H3,(H2,28,29,30,31);2*1H. The van der Waals surface area contributed by atoms with E-state index in [1.165, 1.54) is 24.3 Å². The van der Waals surface area contributed by atoms with E-state index >= 15 is 0 Å². The fourth-order valence-electron chi connectivity index (χ4n) is 3.91. The van der Waals surface area contributed by atoms with Crippen LogP contribution in [0.15, 0.2) is 30.6 Å². The van der Waals surface area contributed by atoms with E-state index in [0.29, 0.717) is 28.6 Å². The summed E-state index contributed by atoms with van der Waals surface area (Å²) in [7, 11) is 0. The molecule has 13 heteroatoms. The van der Waals surface area contributed by atoms with Gasteiger partial charge in [0.2, 0.25) is 5.95 Å². The number of nitrogens with one attached hydrogen (secondary N) is 2. The molecule has 0 radical (unpaired) electrons. The first-order valence-electron chi connectivity index (χ1n) is 11.1. The lowest BCUT2D eigenvalue weighted by atomic mass is 9.92. The van der Waals surface area contributed by atoms with Crippen LogP contribution >= 0.6 is 24.8 Å². The van der Waals surface area contributed by atoms with Crippen LogP contribution in [-0.4, -0.2) is 38.0 Å². The molecule has 35 heavy (non-hydrogen) atoms. The lowest BCUT2D eigenvalue weighted by Crippen LogP contribution is -2.33. The van der Waals surface area contributed by atoms with Crippen LogP contribution in [-0.2, 0) is 0 Å². The lowest BCUT2D eigenvalue weighted by molar-refractivity contribution is -0.274. The van der Waals surface area contributed by atoms with Crippen LogP contribution in [0.5, 0.6) is 5.75 Å². The fraction of sp³-hybridized carbons (Fsp3) is 0.500. The van der Waals surface area contributed by atoms with E-state index in [1.54, 1.807) is 6.33 Å². The molecule has 8 nitrogen and oxygen atoms in total. The third-order valence-corrected chi connectivity index (χ3v) is 5.94. The van der Waals surface area contributed by atoms with E-state index < -0.39 is 6.36 Å². The number of nitrogens with two attached hydrogens (primary N) is 1. The molecule has 1 atom stereocenters. The summed E-state index contributed by atoms with van der Waals surface area (Å²) < 4.78 is 43.3. The van der Waals surface area contributed by atoms with Crippen molar-refractivity contribution in [3.8, 4) is 5.75 Å². The molecule has 0 saturated heterocycles. The molecule has 0 bridgehead atoms. The van der Waals surface area contributed by atoms with Gasteiger partial charge in [0, 0.05) is 23.8 Å². The highest BCUT2D eigenvalue weighted by Crippen LogP contribution is 2.30. The average Bonchev–Trinajstić information content (AvgIpc) is 3.19. The molecule has 0 spiro atoms. The highest BCUT2D eigenvalue weighted by atomic mass is 35.5. The van der Waals surface area contributed by atoms with Crippen molar-refractivity contribution in [3.05, 3.63) is 30.6 Å². The van der Waals surface area contributed by atoms with Gasteiger partial charge in [-0.05, 0) is 63.3 Å². The fourth-order valence-corrected chi connectivity index (χ4v) is 3.91. The Morgan fingerprint density at radius 3 is 2.37 bits per heavy atom. The van der Waals surface area contributed by atoms with Crippen molar-refractivity contribution in [3.63, 3.8) is 0 Å². The van der Waals surface area contributed by atoms with Crippen molar-refractivity contribution in [2.75, 3.05) is 10.6 Å². The Bertz CT molecular complexity index is 1090. The Morgan fingerprint density at radius 1 is 1.11 bits per heavy atom. The summed E-state index contributed by atoms with van der Waals surface area (Å²) in [5.74, 6) is 0.661. The number of fused-ring (bicyclic) bond motifs is 1. The third-order valence-electron chi connectivity index (χ3n) is 5.94. The van der Waals surface area contributed by atoms with Crippen LogP contribution in [0, 0.1) is 0 Å². The normalized spacial score (nSPS) is 18.8. The van der Waals surface area contributed by atoms with E-state index in [0.717, 1.165) is 32.1 Å². The zero-order chi connectivity index (χ0) is 23.6. The highest BCUT2D eigenvalue weighted by molar-refractivity contribution is 5.87. The number of halogens is 5. The molecule has 2 aromatic heterocycles. The minimum absolute atomic E-state index is 0. The molecule has 1 saturated carbocycles. The van der Waals surface area contributed by atoms with Gasteiger partial charge in [-0.25, -0.2) is 4.98 Å². The summed E-state index contributed by atoms with van der Waals surface area (Å²) in [6.07, 6.45) is 1.68. The van der Waals surface area contributed by atoms with Crippen LogP contribution in [0.1, 0.15) is 52.0 Å². The Balaban J connectivity index is 0.00000216. The second-order valence-corrected chi connectivity index (χ2v) is 8.43. The van der Waals surface area contributed by atoms with E-state index in [2.05, 4.69) is 39.2 Å². The molecule has 2 heterocycles. The van der Waals surface area contributed by atoms with E-state index in [4.69, 9.17) is 10.7 Å². The maximum absolute atomic E-state index is 12.4. The minimum Gasteiger partial charge on any atom is -0.406 e. The van der Waals surface area contributed by atoms with Gasteiger partial charge in [-0.3, -0.25) is 0 Å². The van der Waals surface area contributed by atoms with Crippen molar-refractivity contribution in [1.29, 1.82) is 0 Å². The van der Waals surface area contributed by atoms with Crippen molar-refractivity contribution >= 4 is 53.4 Å². The van der Waals surface area contributed by atoms with Gasteiger partial charge in [-0.2, -0.15) is 9.97 Å². The summed E-state index contributed by atoms with van der Waals surface area (Å²) >= 11 is 0. The van der Waals surface area contributed by atoms with Crippen LogP contribution < -0.4 is 21.1 Å². The molecule has 1 fully saturated rings. The molecule has 1 aliphatic carbocycles.